The molecule has 0 spiro atoms. The Hall–Kier alpha value is -0.710. The number of hydrogen-bond acceptors (Lipinski definition) is 2. The fourth-order valence-corrected chi connectivity index (χ4v) is 0.947. The van der Waals surface area contributed by atoms with E-state index in [0.717, 1.165) is 12.1 Å². The summed E-state index contributed by atoms with van der Waals surface area (Å²) in [5, 5.41) is 9.09. The molecule has 2 nitrogen and oxygen atoms in total. The number of benzene rings is 1. The topological polar surface area (TPSA) is 46.2 Å². The molecule has 0 aromatic heterocycles. The summed E-state index contributed by atoms with van der Waals surface area (Å²) >= 11 is 0. The van der Waals surface area contributed by atoms with E-state index < -0.39 is 17.7 Å². The normalized spacial score (nSPS) is 12.0. The van der Waals surface area contributed by atoms with Crippen molar-refractivity contribution in [3.8, 4) is 0 Å². The van der Waals surface area contributed by atoms with Gasteiger partial charge < -0.3 is 10.8 Å². The van der Waals surface area contributed by atoms with Crippen LogP contribution in [0.1, 0.15) is 11.7 Å². The predicted molar refractivity (Wildman–Crippen MR) is 47.6 cm³/mol. The van der Waals surface area contributed by atoms with E-state index in [1.807, 2.05) is 0 Å². The van der Waals surface area contributed by atoms with Crippen molar-refractivity contribution in [3.05, 3.63) is 35.4 Å². The molecule has 1 aromatic rings. The Bertz CT molecular complexity index is 263. The van der Waals surface area contributed by atoms with E-state index in [1.165, 1.54) is 6.07 Å². The first-order valence-electron chi connectivity index (χ1n) is 3.49. The van der Waals surface area contributed by atoms with Crippen molar-refractivity contribution in [1.29, 1.82) is 0 Å². The quantitative estimate of drug-likeness (QED) is 0.773. The van der Waals surface area contributed by atoms with Gasteiger partial charge in [-0.25, -0.2) is 8.78 Å². The van der Waals surface area contributed by atoms with Gasteiger partial charge in [0.1, 0.15) is 11.6 Å². The average molecular weight is 210 g/mol. The van der Waals surface area contributed by atoms with E-state index in [1.54, 1.807) is 0 Å². The average Bonchev–Trinajstić information content (AvgIpc) is 2.03. The lowest BCUT2D eigenvalue weighted by Gasteiger charge is -2.09. The Morgan fingerprint density at radius 3 is 2.15 bits per heavy atom. The van der Waals surface area contributed by atoms with Gasteiger partial charge in [-0.1, -0.05) is 6.07 Å². The molecule has 0 saturated heterocycles. The first-order valence-corrected chi connectivity index (χ1v) is 3.49. The molecule has 0 bridgehead atoms. The Balaban J connectivity index is 0.00000144. The number of hydrogen-bond donors (Lipinski definition) is 2. The minimum atomic E-state index is -1.27. The van der Waals surface area contributed by atoms with E-state index in [4.69, 9.17) is 10.8 Å². The van der Waals surface area contributed by atoms with Crippen LogP contribution in [0, 0.1) is 11.6 Å². The van der Waals surface area contributed by atoms with E-state index in [0.29, 0.717) is 0 Å². The van der Waals surface area contributed by atoms with Crippen molar-refractivity contribution in [2.75, 3.05) is 6.54 Å². The third-order valence-electron chi connectivity index (χ3n) is 1.56. The lowest BCUT2D eigenvalue weighted by Crippen LogP contribution is -2.14. The minimum absolute atomic E-state index is 0. The van der Waals surface area contributed by atoms with Crippen LogP contribution in [0.3, 0.4) is 0 Å². The zero-order valence-corrected chi connectivity index (χ0v) is 7.52. The highest BCUT2D eigenvalue weighted by Crippen LogP contribution is 2.19. The molecular formula is C8H10ClF2NO. The first-order chi connectivity index (χ1) is 5.66. The van der Waals surface area contributed by atoms with Crippen molar-refractivity contribution < 1.29 is 13.9 Å². The van der Waals surface area contributed by atoms with Crippen molar-refractivity contribution >= 4 is 12.4 Å². The highest BCUT2D eigenvalue weighted by atomic mass is 35.5. The predicted octanol–water partition coefficient (Wildman–Crippen LogP) is 1.38. The smallest absolute Gasteiger partial charge is 0.131 e. The van der Waals surface area contributed by atoms with Crippen LogP contribution in [0.25, 0.3) is 0 Å². The van der Waals surface area contributed by atoms with Crippen molar-refractivity contribution in [2.24, 2.45) is 5.73 Å². The molecule has 1 rings (SSSR count). The van der Waals surface area contributed by atoms with Gasteiger partial charge in [-0.15, -0.1) is 12.4 Å². The summed E-state index contributed by atoms with van der Waals surface area (Å²) in [5.74, 6) is -1.54. The van der Waals surface area contributed by atoms with Gasteiger partial charge in [-0.3, -0.25) is 0 Å². The molecule has 1 atom stereocenters. The SMILES string of the molecule is Cl.NCC(O)c1c(F)cccc1F. The molecule has 5 heteroatoms. The van der Waals surface area contributed by atoms with Crippen LogP contribution in [0.5, 0.6) is 0 Å². The van der Waals surface area contributed by atoms with E-state index >= 15 is 0 Å². The van der Waals surface area contributed by atoms with Gasteiger partial charge in [0, 0.05) is 6.54 Å². The lowest BCUT2D eigenvalue weighted by molar-refractivity contribution is 0.176. The molecule has 0 amide bonds. The van der Waals surface area contributed by atoms with Crippen LogP contribution in [0.15, 0.2) is 18.2 Å². The second-order valence-electron chi connectivity index (χ2n) is 2.39. The highest BCUT2D eigenvalue weighted by molar-refractivity contribution is 5.85. The van der Waals surface area contributed by atoms with Crippen LogP contribution in [-0.4, -0.2) is 11.7 Å². The summed E-state index contributed by atoms with van der Waals surface area (Å²) in [6, 6.07) is 3.39. The van der Waals surface area contributed by atoms with E-state index in [2.05, 4.69) is 0 Å². The van der Waals surface area contributed by atoms with Crippen LogP contribution in [-0.2, 0) is 0 Å². The van der Waals surface area contributed by atoms with Gasteiger partial charge >= 0.3 is 0 Å². The summed E-state index contributed by atoms with van der Waals surface area (Å²) in [6.07, 6.45) is -1.27. The van der Waals surface area contributed by atoms with Crippen LogP contribution < -0.4 is 5.73 Å². The van der Waals surface area contributed by atoms with Crippen LogP contribution >= 0.6 is 12.4 Å². The highest BCUT2D eigenvalue weighted by Gasteiger charge is 2.15. The zero-order valence-electron chi connectivity index (χ0n) is 6.71. The van der Waals surface area contributed by atoms with Gasteiger partial charge in [-0.05, 0) is 12.1 Å². The monoisotopic (exact) mass is 209 g/mol. The fraction of sp³-hybridized carbons (Fsp3) is 0.250. The molecule has 0 fully saturated rings. The molecule has 0 radical (unpaired) electrons. The number of aliphatic hydroxyl groups excluding tert-OH is 1. The molecule has 1 unspecified atom stereocenters. The maximum atomic E-state index is 12.8. The Morgan fingerprint density at radius 2 is 1.77 bits per heavy atom. The zero-order chi connectivity index (χ0) is 9.14. The Kier molecular flexibility index (Phi) is 4.83. The van der Waals surface area contributed by atoms with Crippen molar-refractivity contribution in [3.63, 3.8) is 0 Å². The molecule has 1 aromatic carbocycles. The summed E-state index contributed by atoms with van der Waals surface area (Å²) in [6.45, 7) is -0.197. The fourth-order valence-electron chi connectivity index (χ4n) is 0.947. The van der Waals surface area contributed by atoms with Crippen molar-refractivity contribution in [2.45, 2.75) is 6.10 Å². The number of rotatable bonds is 2. The van der Waals surface area contributed by atoms with Gasteiger partial charge in [0.15, 0.2) is 0 Å². The minimum Gasteiger partial charge on any atom is -0.387 e. The maximum Gasteiger partial charge on any atom is 0.131 e. The molecule has 74 valence electrons. The Labute approximate surface area is 80.8 Å². The molecule has 0 heterocycles. The molecule has 13 heavy (non-hydrogen) atoms. The third-order valence-corrected chi connectivity index (χ3v) is 1.56. The molecule has 0 aliphatic heterocycles. The molecular weight excluding hydrogens is 200 g/mol. The lowest BCUT2D eigenvalue weighted by atomic mass is 10.1. The Morgan fingerprint density at radius 1 is 1.31 bits per heavy atom. The molecule has 3 N–H and O–H groups in total. The van der Waals surface area contributed by atoms with Crippen molar-refractivity contribution in [1.82, 2.24) is 0 Å². The van der Waals surface area contributed by atoms with E-state index in [9.17, 15) is 8.78 Å². The molecule has 0 aliphatic rings. The number of nitrogens with two attached hydrogens (primary N) is 1. The standard InChI is InChI=1S/C8H9F2NO.ClH/c9-5-2-1-3-6(10)8(5)7(12)4-11;/h1-3,7,12H,4,11H2;1H. The van der Waals surface area contributed by atoms with Gasteiger partial charge in [0.25, 0.3) is 0 Å². The van der Waals surface area contributed by atoms with E-state index in [-0.39, 0.29) is 24.5 Å². The van der Waals surface area contributed by atoms with Crippen LogP contribution in [0.2, 0.25) is 0 Å². The van der Waals surface area contributed by atoms with Gasteiger partial charge in [-0.2, -0.15) is 0 Å². The second kappa shape index (κ2) is 5.11. The first kappa shape index (κ1) is 12.3. The van der Waals surface area contributed by atoms with Gasteiger partial charge in [0.05, 0.1) is 11.7 Å². The summed E-state index contributed by atoms with van der Waals surface area (Å²) < 4.78 is 25.7. The number of aliphatic hydroxyl groups is 1. The molecule has 0 saturated carbocycles. The van der Waals surface area contributed by atoms with Crippen LogP contribution in [0.4, 0.5) is 8.78 Å². The summed E-state index contributed by atoms with van der Waals surface area (Å²) in [4.78, 5) is 0. The second-order valence-corrected chi connectivity index (χ2v) is 2.39. The summed E-state index contributed by atoms with van der Waals surface area (Å²) in [5.41, 5.74) is 4.70. The van der Waals surface area contributed by atoms with Gasteiger partial charge in [0.2, 0.25) is 0 Å². The third kappa shape index (κ3) is 2.62. The summed E-state index contributed by atoms with van der Waals surface area (Å²) in [7, 11) is 0. The largest absolute Gasteiger partial charge is 0.387 e. The molecule has 0 aliphatic carbocycles. The number of halogens is 3. The maximum absolute atomic E-state index is 12.8.